The molecular formula is C6H17Al. The summed E-state index contributed by atoms with van der Waals surface area (Å²) in [4.78, 5) is 0. The van der Waals surface area contributed by atoms with Crippen LogP contribution in [-0.4, -0.2) is 16.3 Å². The van der Waals surface area contributed by atoms with Crippen molar-refractivity contribution in [2.24, 2.45) is 0 Å². The quantitative estimate of drug-likeness (QED) is 0.388. The van der Waals surface area contributed by atoms with Crippen molar-refractivity contribution in [2.75, 3.05) is 0 Å². The molecule has 0 aliphatic carbocycles. The van der Waals surface area contributed by atoms with Gasteiger partial charge in [0.1, 0.15) is 0 Å². The van der Waals surface area contributed by atoms with Crippen molar-refractivity contribution >= 4 is 16.3 Å². The minimum absolute atomic E-state index is 0. The standard InChI is InChI=1S/C6H13.Al.H2.2H/c1-3-5-6-4-2;;;;/h1,3-6H2,2H3;;1H;;. The Balaban J connectivity index is 0. The Bertz CT molecular complexity index is 27.7. The van der Waals surface area contributed by atoms with E-state index in [-0.39, 0.29) is 1.43 Å². The lowest BCUT2D eigenvalue weighted by Gasteiger charge is -1.90. The van der Waals surface area contributed by atoms with Crippen molar-refractivity contribution in [3.05, 3.63) is 0 Å². The van der Waals surface area contributed by atoms with Crippen LogP contribution in [0.5, 0.6) is 0 Å². The maximum Gasteiger partial charge on any atom is 0.211 e. The largest absolute Gasteiger partial charge is 0.211 e. The molecule has 0 rings (SSSR count). The summed E-state index contributed by atoms with van der Waals surface area (Å²) in [5.74, 6) is 0. The summed E-state index contributed by atoms with van der Waals surface area (Å²) in [7, 11) is 0. The van der Waals surface area contributed by atoms with Crippen LogP contribution in [0, 0.1) is 0 Å². The molecule has 0 heterocycles. The van der Waals surface area contributed by atoms with Crippen molar-refractivity contribution in [2.45, 2.75) is 37.9 Å². The second-order valence-corrected chi connectivity index (χ2v) is 3.06. The zero-order valence-corrected chi connectivity index (χ0v) is 7.54. The van der Waals surface area contributed by atoms with Crippen molar-refractivity contribution < 1.29 is 1.43 Å². The average Bonchev–Trinajstić information content (AvgIpc) is 1.69. The first-order chi connectivity index (χ1) is 3.41. The third-order valence-corrected chi connectivity index (χ3v) is 1.91. The predicted molar refractivity (Wildman–Crippen MR) is 39.6 cm³/mol. The maximum absolute atomic E-state index is 2.26. The second-order valence-electron chi connectivity index (χ2n) is 2.06. The van der Waals surface area contributed by atoms with Crippen LogP contribution in [0.3, 0.4) is 0 Å². The SMILES string of the molecule is CCCCC[CH2][AlH2].[HH]. The van der Waals surface area contributed by atoms with Gasteiger partial charge in [-0.2, -0.15) is 0 Å². The van der Waals surface area contributed by atoms with E-state index < -0.39 is 0 Å². The van der Waals surface area contributed by atoms with Gasteiger partial charge >= 0.3 is 0 Å². The molecule has 0 bridgehead atoms. The molecule has 0 aliphatic heterocycles. The van der Waals surface area contributed by atoms with Gasteiger partial charge in [0.25, 0.3) is 0 Å². The van der Waals surface area contributed by atoms with Gasteiger partial charge in [-0.15, -0.1) is 5.28 Å². The van der Waals surface area contributed by atoms with Crippen LogP contribution in [0.2, 0.25) is 5.28 Å². The van der Waals surface area contributed by atoms with Gasteiger partial charge in [0.15, 0.2) is 0 Å². The molecule has 0 aromatic rings. The van der Waals surface area contributed by atoms with E-state index in [4.69, 9.17) is 0 Å². The van der Waals surface area contributed by atoms with Gasteiger partial charge in [-0.1, -0.05) is 32.6 Å². The van der Waals surface area contributed by atoms with Crippen LogP contribution in [0.25, 0.3) is 0 Å². The van der Waals surface area contributed by atoms with Gasteiger partial charge in [-0.25, -0.2) is 0 Å². The van der Waals surface area contributed by atoms with Crippen molar-refractivity contribution in [3.63, 3.8) is 0 Å². The fourth-order valence-corrected chi connectivity index (χ4v) is 1.18. The summed E-state index contributed by atoms with van der Waals surface area (Å²) in [6.45, 7) is 2.26. The van der Waals surface area contributed by atoms with Crippen LogP contribution in [0.15, 0.2) is 0 Å². The number of unbranched alkanes of at least 4 members (excludes halogenated alkanes) is 3. The van der Waals surface area contributed by atoms with E-state index in [1.54, 1.807) is 0 Å². The molecule has 44 valence electrons. The van der Waals surface area contributed by atoms with E-state index in [2.05, 4.69) is 6.92 Å². The fraction of sp³-hybridized carbons (Fsp3) is 1.00. The summed E-state index contributed by atoms with van der Waals surface area (Å²) in [5.41, 5.74) is 0. The van der Waals surface area contributed by atoms with Crippen LogP contribution in [0.1, 0.15) is 34.0 Å². The highest BCUT2D eigenvalue weighted by Gasteiger charge is 1.80. The summed E-state index contributed by atoms with van der Waals surface area (Å²) < 4.78 is 0. The monoisotopic (exact) mass is 116 g/mol. The Morgan fingerprint density at radius 1 is 1.29 bits per heavy atom. The molecule has 0 saturated carbocycles. The number of hydrogen-bond acceptors (Lipinski definition) is 0. The van der Waals surface area contributed by atoms with E-state index in [0.29, 0.717) is 0 Å². The molecule has 0 fully saturated rings. The first-order valence-electron chi connectivity index (χ1n) is 3.41. The molecule has 0 nitrogen and oxygen atoms in total. The lowest BCUT2D eigenvalue weighted by Crippen LogP contribution is -1.72. The normalized spacial score (nSPS) is 9.29. The second kappa shape index (κ2) is 6.53. The molecule has 0 aliphatic rings. The highest BCUT2D eigenvalue weighted by atomic mass is 27.0. The van der Waals surface area contributed by atoms with Crippen molar-refractivity contribution in [1.29, 1.82) is 0 Å². The van der Waals surface area contributed by atoms with Gasteiger partial charge in [0.2, 0.25) is 16.3 Å². The van der Waals surface area contributed by atoms with E-state index in [1.165, 1.54) is 47.3 Å². The van der Waals surface area contributed by atoms with Crippen molar-refractivity contribution in [3.8, 4) is 0 Å². The van der Waals surface area contributed by atoms with Gasteiger partial charge in [0.05, 0.1) is 0 Å². The Hall–Kier alpha value is 0.532. The van der Waals surface area contributed by atoms with Crippen molar-refractivity contribution in [1.82, 2.24) is 0 Å². The summed E-state index contributed by atoms with van der Waals surface area (Å²) in [5, 5.41) is 1.50. The molecule has 7 heavy (non-hydrogen) atoms. The summed E-state index contributed by atoms with van der Waals surface area (Å²) in [6.07, 6.45) is 5.78. The first-order valence-corrected chi connectivity index (χ1v) is 4.83. The number of hydrogen-bond donors (Lipinski definition) is 0. The third kappa shape index (κ3) is 6.53. The summed E-state index contributed by atoms with van der Waals surface area (Å²) in [6, 6.07) is 0. The number of rotatable bonds is 4. The zero-order chi connectivity index (χ0) is 5.54. The lowest BCUT2D eigenvalue weighted by molar-refractivity contribution is 0.701. The average molecular weight is 116 g/mol. The van der Waals surface area contributed by atoms with Gasteiger partial charge in [-0.3, -0.25) is 0 Å². The topological polar surface area (TPSA) is 0 Å². The molecule has 0 atom stereocenters. The van der Waals surface area contributed by atoms with Gasteiger partial charge in [0, 0.05) is 1.43 Å². The molecule has 0 N–H and O–H groups in total. The van der Waals surface area contributed by atoms with E-state index in [9.17, 15) is 0 Å². The van der Waals surface area contributed by atoms with Gasteiger partial charge < -0.3 is 0 Å². The van der Waals surface area contributed by atoms with Gasteiger partial charge in [-0.05, 0) is 0 Å². The Kier molecular flexibility index (Phi) is 7.03. The van der Waals surface area contributed by atoms with Crippen LogP contribution in [0.4, 0.5) is 0 Å². The molecular weight excluding hydrogens is 99.0 g/mol. The first kappa shape index (κ1) is 7.53. The highest BCUT2D eigenvalue weighted by molar-refractivity contribution is 6.08. The Morgan fingerprint density at radius 2 is 2.00 bits per heavy atom. The van der Waals surface area contributed by atoms with E-state index in [0.717, 1.165) is 0 Å². The lowest BCUT2D eigenvalue weighted by atomic mass is 10.2. The van der Waals surface area contributed by atoms with Crippen LogP contribution in [-0.2, 0) is 0 Å². The Labute approximate surface area is 56.2 Å². The third-order valence-electron chi connectivity index (χ3n) is 1.21. The minimum Gasteiger partial charge on any atom is -0.101 e. The highest BCUT2D eigenvalue weighted by Crippen LogP contribution is 1.99. The predicted octanol–water partition coefficient (Wildman–Crippen LogP) is 1.86. The van der Waals surface area contributed by atoms with Crippen LogP contribution < -0.4 is 0 Å². The minimum atomic E-state index is 0. The Morgan fingerprint density at radius 3 is 2.43 bits per heavy atom. The van der Waals surface area contributed by atoms with E-state index >= 15 is 0 Å². The van der Waals surface area contributed by atoms with Crippen LogP contribution >= 0.6 is 0 Å². The molecule has 1 heteroatoms. The van der Waals surface area contributed by atoms with E-state index in [1.807, 2.05) is 0 Å². The maximum atomic E-state index is 2.26. The zero-order valence-electron chi connectivity index (χ0n) is 5.54. The fourth-order valence-electron chi connectivity index (χ4n) is 0.677. The molecule has 0 radical (unpaired) electrons. The summed E-state index contributed by atoms with van der Waals surface area (Å²) >= 11 is 1.41. The molecule has 0 amide bonds. The molecule has 0 unspecified atom stereocenters. The molecule has 0 spiro atoms. The molecule has 0 saturated heterocycles. The molecule has 0 aromatic carbocycles. The molecule has 0 aromatic heterocycles. The smallest absolute Gasteiger partial charge is 0.101 e.